The van der Waals surface area contributed by atoms with Crippen molar-refractivity contribution in [3.8, 4) is 0 Å². The van der Waals surface area contributed by atoms with E-state index in [0.717, 1.165) is 34.3 Å². The number of hydrogen-bond donors (Lipinski definition) is 2. The van der Waals surface area contributed by atoms with Crippen molar-refractivity contribution in [3.63, 3.8) is 0 Å². The Morgan fingerprint density at radius 2 is 2.06 bits per heavy atom. The first-order valence-electron chi connectivity index (χ1n) is 5.39. The summed E-state index contributed by atoms with van der Waals surface area (Å²) in [6.45, 7) is 0. The molecule has 0 aliphatic heterocycles. The fourth-order valence-corrected chi connectivity index (χ4v) is 3.20. The second kappa shape index (κ2) is 5.29. The quantitative estimate of drug-likeness (QED) is 0.882. The number of aliphatic hydroxyl groups is 1. The highest BCUT2D eigenvalue weighted by atomic mass is 79.9. The Labute approximate surface area is 107 Å². The zero-order valence-electron chi connectivity index (χ0n) is 8.78. The summed E-state index contributed by atoms with van der Waals surface area (Å²) >= 11 is 4.78. The number of carbonyl (C=O) groups is 1. The maximum absolute atomic E-state index is 11.8. The van der Waals surface area contributed by atoms with Crippen molar-refractivity contribution in [2.24, 2.45) is 0 Å². The number of carbonyl (C=O) groups excluding carboxylic acids is 1. The topological polar surface area (TPSA) is 49.3 Å². The highest BCUT2D eigenvalue weighted by molar-refractivity contribution is 9.11. The Balaban J connectivity index is 1.88. The molecule has 1 aromatic heterocycles. The molecule has 0 atom stereocenters. The molecule has 0 unspecified atom stereocenters. The Hall–Kier alpha value is -0.390. The van der Waals surface area contributed by atoms with E-state index in [1.807, 2.05) is 12.1 Å². The van der Waals surface area contributed by atoms with Crippen LogP contribution < -0.4 is 5.32 Å². The third-order valence-corrected chi connectivity index (χ3v) is 4.45. The summed E-state index contributed by atoms with van der Waals surface area (Å²) in [6.07, 6.45) is 3.15. The van der Waals surface area contributed by atoms with Crippen molar-refractivity contribution in [2.45, 2.75) is 37.8 Å². The van der Waals surface area contributed by atoms with Crippen molar-refractivity contribution in [1.29, 1.82) is 0 Å². The van der Waals surface area contributed by atoms with Gasteiger partial charge in [0.25, 0.3) is 5.91 Å². The maximum atomic E-state index is 11.8. The van der Waals surface area contributed by atoms with Gasteiger partial charge in [0, 0.05) is 6.04 Å². The van der Waals surface area contributed by atoms with Crippen LogP contribution >= 0.6 is 27.3 Å². The minimum atomic E-state index is -0.177. The van der Waals surface area contributed by atoms with Gasteiger partial charge in [-0.15, -0.1) is 11.3 Å². The Kier molecular flexibility index (Phi) is 4.00. The largest absolute Gasteiger partial charge is 0.393 e. The lowest BCUT2D eigenvalue weighted by atomic mass is 9.93. The van der Waals surface area contributed by atoms with Gasteiger partial charge in [-0.3, -0.25) is 4.79 Å². The second-order valence-electron chi connectivity index (χ2n) is 4.08. The van der Waals surface area contributed by atoms with Gasteiger partial charge in [0.15, 0.2) is 0 Å². The molecule has 1 heterocycles. The van der Waals surface area contributed by atoms with Gasteiger partial charge in [-0.25, -0.2) is 0 Å². The summed E-state index contributed by atoms with van der Waals surface area (Å²) in [7, 11) is 0. The molecule has 5 heteroatoms. The lowest BCUT2D eigenvalue weighted by Crippen LogP contribution is -2.38. The lowest BCUT2D eigenvalue weighted by molar-refractivity contribution is 0.0871. The molecule has 1 aromatic rings. The highest BCUT2D eigenvalue weighted by Gasteiger charge is 2.21. The number of amides is 1. The number of thiophene rings is 1. The van der Waals surface area contributed by atoms with Gasteiger partial charge in [-0.05, 0) is 53.7 Å². The highest BCUT2D eigenvalue weighted by Crippen LogP contribution is 2.23. The molecule has 0 radical (unpaired) electrons. The molecule has 1 aliphatic rings. The van der Waals surface area contributed by atoms with E-state index < -0.39 is 0 Å². The summed E-state index contributed by atoms with van der Waals surface area (Å²) < 4.78 is 0.969. The molecule has 1 saturated carbocycles. The smallest absolute Gasteiger partial charge is 0.261 e. The van der Waals surface area contributed by atoms with Crippen LogP contribution in [0, 0.1) is 0 Å². The van der Waals surface area contributed by atoms with Gasteiger partial charge in [0.2, 0.25) is 0 Å². The Morgan fingerprint density at radius 3 is 2.62 bits per heavy atom. The predicted octanol–water partition coefficient (Wildman–Crippen LogP) is 2.54. The van der Waals surface area contributed by atoms with E-state index >= 15 is 0 Å². The molecule has 1 fully saturated rings. The van der Waals surface area contributed by atoms with Crippen molar-refractivity contribution >= 4 is 33.2 Å². The van der Waals surface area contributed by atoms with Crippen LogP contribution in [0.25, 0.3) is 0 Å². The van der Waals surface area contributed by atoms with Gasteiger partial charge in [0.1, 0.15) is 0 Å². The van der Waals surface area contributed by atoms with Gasteiger partial charge in [-0.2, -0.15) is 0 Å². The molecule has 88 valence electrons. The van der Waals surface area contributed by atoms with E-state index in [1.54, 1.807) is 0 Å². The molecule has 0 saturated heterocycles. The van der Waals surface area contributed by atoms with Crippen molar-refractivity contribution in [2.75, 3.05) is 0 Å². The van der Waals surface area contributed by atoms with E-state index in [0.29, 0.717) is 0 Å². The molecule has 0 bridgehead atoms. The van der Waals surface area contributed by atoms with E-state index in [1.165, 1.54) is 11.3 Å². The summed E-state index contributed by atoms with van der Waals surface area (Å²) in [5.74, 6) is -0.00269. The molecule has 16 heavy (non-hydrogen) atoms. The molecular weight excluding hydrogens is 290 g/mol. The normalized spacial score (nSPS) is 25.4. The van der Waals surface area contributed by atoms with Crippen LogP contribution in [0.15, 0.2) is 15.9 Å². The van der Waals surface area contributed by atoms with Crippen molar-refractivity contribution in [1.82, 2.24) is 5.32 Å². The van der Waals surface area contributed by atoms with Crippen LogP contribution in [-0.2, 0) is 0 Å². The first-order chi connectivity index (χ1) is 7.65. The molecule has 1 amide bonds. The molecule has 0 aromatic carbocycles. The maximum Gasteiger partial charge on any atom is 0.261 e. The van der Waals surface area contributed by atoms with Crippen LogP contribution in [0.4, 0.5) is 0 Å². The number of rotatable bonds is 2. The minimum Gasteiger partial charge on any atom is -0.393 e. The fourth-order valence-electron chi connectivity index (χ4n) is 1.91. The van der Waals surface area contributed by atoms with Gasteiger partial charge < -0.3 is 10.4 Å². The average Bonchev–Trinajstić information content (AvgIpc) is 2.68. The summed E-state index contributed by atoms with van der Waals surface area (Å²) in [5.41, 5.74) is 0. The predicted molar refractivity (Wildman–Crippen MR) is 67.7 cm³/mol. The fraction of sp³-hybridized carbons (Fsp3) is 0.545. The second-order valence-corrected chi connectivity index (χ2v) is 6.55. The Bertz CT molecular complexity index is 372. The van der Waals surface area contributed by atoms with Gasteiger partial charge in [0.05, 0.1) is 14.8 Å². The minimum absolute atomic E-state index is 0.00269. The molecule has 1 aliphatic carbocycles. The van der Waals surface area contributed by atoms with Crippen molar-refractivity contribution < 1.29 is 9.90 Å². The number of aliphatic hydroxyl groups excluding tert-OH is 1. The molecule has 2 N–H and O–H groups in total. The summed E-state index contributed by atoms with van der Waals surface area (Å²) in [5, 5.41) is 12.4. The molecule has 2 rings (SSSR count). The van der Waals surface area contributed by atoms with E-state index in [4.69, 9.17) is 0 Å². The van der Waals surface area contributed by atoms with Crippen molar-refractivity contribution in [3.05, 3.63) is 20.8 Å². The monoisotopic (exact) mass is 303 g/mol. The SMILES string of the molecule is O=C(NC1CCC(O)CC1)c1ccc(Br)s1. The number of halogens is 1. The lowest BCUT2D eigenvalue weighted by Gasteiger charge is -2.25. The third-order valence-electron chi connectivity index (χ3n) is 2.83. The van der Waals surface area contributed by atoms with E-state index in [9.17, 15) is 9.90 Å². The van der Waals surface area contributed by atoms with Crippen LogP contribution in [0.1, 0.15) is 35.4 Å². The Morgan fingerprint density at radius 1 is 1.38 bits per heavy atom. The number of hydrogen-bond acceptors (Lipinski definition) is 3. The third kappa shape index (κ3) is 3.06. The van der Waals surface area contributed by atoms with E-state index in [2.05, 4.69) is 21.2 Å². The zero-order valence-corrected chi connectivity index (χ0v) is 11.2. The first-order valence-corrected chi connectivity index (χ1v) is 7.00. The average molecular weight is 304 g/mol. The molecular formula is C11H14BrNO2S. The van der Waals surface area contributed by atoms with E-state index in [-0.39, 0.29) is 18.1 Å². The summed E-state index contributed by atoms with van der Waals surface area (Å²) in [4.78, 5) is 12.6. The summed E-state index contributed by atoms with van der Waals surface area (Å²) in [6, 6.07) is 3.92. The van der Waals surface area contributed by atoms with Crippen LogP contribution in [0.3, 0.4) is 0 Å². The number of nitrogens with one attached hydrogen (secondary N) is 1. The van der Waals surface area contributed by atoms with Gasteiger partial charge in [-0.1, -0.05) is 0 Å². The molecule has 3 nitrogen and oxygen atoms in total. The molecule has 0 spiro atoms. The van der Waals surface area contributed by atoms with Crippen LogP contribution in [-0.4, -0.2) is 23.2 Å². The zero-order chi connectivity index (χ0) is 11.5. The van der Waals surface area contributed by atoms with Crippen LogP contribution in [0.2, 0.25) is 0 Å². The van der Waals surface area contributed by atoms with Gasteiger partial charge >= 0.3 is 0 Å². The standard InChI is InChI=1S/C11H14BrNO2S/c12-10-6-5-9(16-10)11(15)13-7-1-3-8(14)4-2-7/h5-8,14H,1-4H2,(H,13,15). The van der Waals surface area contributed by atoms with Crippen LogP contribution in [0.5, 0.6) is 0 Å². The first kappa shape index (κ1) is 12.1.